The molecule has 0 rings (SSSR count). The van der Waals surface area contributed by atoms with Gasteiger partial charge >= 0.3 is 0 Å². The number of nitrogens with zero attached hydrogens (tertiary/aromatic N) is 2. The SMILES string of the molecule is S=NNN(S)S. The molecular formula is H3N3S3. The quantitative estimate of drug-likeness (QED) is 0.377. The third kappa shape index (κ3) is 4.48. The summed E-state index contributed by atoms with van der Waals surface area (Å²) >= 11 is 11.3. The Bertz CT molecular complexity index is 41.3. The predicted octanol–water partition coefficient (Wildman–Crippen LogP) is 0.128. The maximum atomic E-state index is 4.10. The Kier molecular flexibility index (Phi) is 3.96. The molecule has 0 unspecified atom stereocenters. The number of hydrogen-bond donors (Lipinski definition) is 3. The summed E-state index contributed by atoms with van der Waals surface area (Å²) in [5.41, 5.74) is 2.21. The second-order valence-electron chi connectivity index (χ2n) is 0.481. The third-order valence-electron chi connectivity index (χ3n) is 0.130. The topological polar surface area (TPSA) is 27.6 Å². The zero-order valence-electron chi connectivity index (χ0n) is 2.70. The van der Waals surface area contributed by atoms with Crippen molar-refractivity contribution < 1.29 is 0 Å². The molecule has 0 radical (unpaired) electrons. The normalized spacial score (nSPS) is 8.50. The van der Waals surface area contributed by atoms with E-state index in [1.54, 1.807) is 0 Å². The fraction of sp³-hybridized carbons (Fsp3) is 0. The molecule has 1 N–H and O–H groups in total. The van der Waals surface area contributed by atoms with E-state index in [9.17, 15) is 0 Å². The van der Waals surface area contributed by atoms with Crippen LogP contribution in [-0.4, -0.2) is 3.82 Å². The number of thiol groups is 2. The summed E-state index contributed by atoms with van der Waals surface area (Å²) in [6.45, 7) is 0. The standard InChI is InChI=1S/H3N3S3/c4-2-1-3(5)6/h5-6H,(H,1,4). The van der Waals surface area contributed by atoms with Crippen molar-refractivity contribution in [2.24, 2.45) is 4.47 Å². The number of hydrogen-bond acceptors (Lipinski definition) is 5. The minimum absolute atomic E-state index is 1.05. The van der Waals surface area contributed by atoms with Gasteiger partial charge in [-0.25, -0.2) is 5.53 Å². The fourth-order valence-electron chi connectivity index (χ4n) is 0.0365. The van der Waals surface area contributed by atoms with Gasteiger partial charge in [0.1, 0.15) is 0 Å². The average molecular weight is 141 g/mol. The predicted molar refractivity (Wildman–Crippen MR) is 32.7 cm³/mol. The van der Waals surface area contributed by atoms with Crippen LogP contribution >= 0.6 is 25.6 Å². The molecule has 0 saturated carbocycles. The fourth-order valence-corrected chi connectivity index (χ4v) is 0.329. The molecule has 3 nitrogen and oxygen atoms in total. The van der Waals surface area contributed by atoms with Crippen LogP contribution in [-0.2, 0) is 12.4 Å². The summed E-state index contributed by atoms with van der Waals surface area (Å²) in [4.78, 5) is 0. The van der Waals surface area contributed by atoms with Crippen LogP contribution in [0.3, 0.4) is 0 Å². The number of nitrogens with one attached hydrogen (secondary N) is 1. The molecule has 0 aromatic rings. The molecule has 0 aliphatic carbocycles. The first-order valence-corrected chi connectivity index (χ1v) is 2.19. The lowest BCUT2D eigenvalue weighted by atomic mass is 12.6. The second-order valence-corrected chi connectivity index (χ2v) is 1.78. The van der Waals surface area contributed by atoms with Gasteiger partial charge in [0.2, 0.25) is 0 Å². The summed E-state index contributed by atoms with van der Waals surface area (Å²) in [6.07, 6.45) is 0. The zero-order valence-corrected chi connectivity index (χ0v) is 5.30. The molecule has 36 valence electrons. The third-order valence-corrected chi connectivity index (χ3v) is 0.391. The smallest absolute Gasteiger partial charge is 0.0642 e. The van der Waals surface area contributed by atoms with E-state index in [-0.39, 0.29) is 0 Å². The van der Waals surface area contributed by atoms with Crippen molar-refractivity contribution in [2.45, 2.75) is 0 Å². The monoisotopic (exact) mass is 141 g/mol. The van der Waals surface area contributed by atoms with Gasteiger partial charge in [0.05, 0.1) is 12.4 Å². The largest absolute Gasteiger partial charge is 0.209 e. The highest BCUT2D eigenvalue weighted by atomic mass is 32.2. The van der Waals surface area contributed by atoms with Crippen molar-refractivity contribution in [3.8, 4) is 0 Å². The first-order chi connectivity index (χ1) is 2.77. The summed E-state index contributed by atoms with van der Waals surface area (Å²) in [5.74, 6) is 0. The summed E-state index contributed by atoms with van der Waals surface area (Å²) in [6, 6.07) is 0. The zero-order chi connectivity index (χ0) is 4.99. The van der Waals surface area contributed by atoms with E-state index >= 15 is 0 Å². The van der Waals surface area contributed by atoms with Crippen molar-refractivity contribution in [2.75, 3.05) is 0 Å². The molecule has 0 heterocycles. The van der Waals surface area contributed by atoms with Crippen molar-refractivity contribution in [3.63, 3.8) is 0 Å². The van der Waals surface area contributed by atoms with Crippen molar-refractivity contribution >= 4 is 38.1 Å². The van der Waals surface area contributed by atoms with Gasteiger partial charge in [0.25, 0.3) is 0 Å². The molecule has 6 heteroatoms. The Labute approximate surface area is 52.3 Å². The molecule has 0 aromatic carbocycles. The van der Waals surface area contributed by atoms with Gasteiger partial charge in [-0.1, -0.05) is 33.9 Å². The summed E-state index contributed by atoms with van der Waals surface area (Å²) in [5, 5.41) is 0. The first-order valence-electron chi connectivity index (χ1n) is 1.03. The van der Waals surface area contributed by atoms with Gasteiger partial charge in [-0.2, -0.15) is 0 Å². The van der Waals surface area contributed by atoms with Crippen LogP contribution in [0.2, 0.25) is 0 Å². The van der Waals surface area contributed by atoms with E-state index in [4.69, 9.17) is 0 Å². The summed E-state index contributed by atoms with van der Waals surface area (Å²) in [7, 11) is 0. The Morgan fingerprint density at radius 2 is 2.17 bits per heavy atom. The van der Waals surface area contributed by atoms with Crippen molar-refractivity contribution in [3.05, 3.63) is 0 Å². The minimum atomic E-state index is 1.05. The van der Waals surface area contributed by atoms with Crippen LogP contribution in [0.5, 0.6) is 0 Å². The van der Waals surface area contributed by atoms with Crippen LogP contribution < -0.4 is 5.53 Å². The molecule has 0 saturated heterocycles. The second kappa shape index (κ2) is 3.66. The highest BCUT2D eigenvalue weighted by Gasteiger charge is 1.76. The lowest BCUT2D eigenvalue weighted by Gasteiger charge is -1.99. The highest BCUT2D eigenvalue weighted by molar-refractivity contribution is 7.93. The van der Waals surface area contributed by atoms with E-state index in [1.807, 2.05) is 0 Å². The Hall–Kier alpha value is 0.480. The van der Waals surface area contributed by atoms with Crippen molar-refractivity contribution in [1.82, 2.24) is 9.35 Å². The lowest BCUT2D eigenvalue weighted by molar-refractivity contribution is 0.582. The van der Waals surface area contributed by atoms with Crippen molar-refractivity contribution in [1.29, 1.82) is 0 Å². The van der Waals surface area contributed by atoms with E-state index in [1.165, 1.54) is 0 Å². The molecule has 0 aliphatic rings. The minimum Gasteiger partial charge on any atom is -0.209 e. The Morgan fingerprint density at radius 3 is 2.17 bits per heavy atom. The van der Waals surface area contributed by atoms with Crippen LogP contribution in [0.15, 0.2) is 4.47 Å². The molecule has 0 bridgehead atoms. The van der Waals surface area contributed by atoms with Gasteiger partial charge in [-0.15, -0.1) is 0 Å². The van der Waals surface area contributed by atoms with E-state index in [2.05, 4.69) is 48.1 Å². The maximum absolute atomic E-state index is 4.10. The number of rotatable bonds is 2. The molecule has 0 amide bonds. The Balaban J connectivity index is 2.81. The van der Waals surface area contributed by atoms with Crippen LogP contribution in [0.25, 0.3) is 0 Å². The van der Waals surface area contributed by atoms with E-state index < -0.39 is 0 Å². The highest BCUT2D eigenvalue weighted by Crippen LogP contribution is 1.87. The van der Waals surface area contributed by atoms with Crippen LogP contribution in [0.4, 0.5) is 0 Å². The van der Waals surface area contributed by atoms with Crippen LogP contribution in [0, 0.1) is 0 Å². The lowest BCUT2D eigenvalue weighted by Crippen LogP contribution is -2.12. The molecular weight excluding hydrogens is 138 g/mol. The van der Waals surface area contributed by atoms with Gasteiger partial charge in [-0.3, -0.25) is 0 Å². The summed E-state index contributed by atoms with van der Waals surface area (Å²) < 4.78 is 4.09. The average Bonchev–Trinajstić information content (AvgIpc) is 1.35. The molecule has 0 atom stereocenters. The van der Waals surface area contributed by atoms with Crippen LogP contribution in [0.1, 0.15) is 0 Å². The van der Waals surface area contributed by atoms with E-state index in [0.717, 1.165) is 3.82 Å². The number of hydrazine groups is 1. The molecule has 0 aliphatic heterocycles. The van der Waals surface area contributed by atoms with Gasteiger partial charge in [0.15, 0.2) is 0 Å². The molecule has 0 spiro atoms. The van der Waals surface area contributed by atoms with Gasteiger partial charge in [-0.05, 0) is 0 Å². The van der Waals surface area contributed by atoms with E-state index in [0.29, 0.717) is 0 Å². The molecule has 6 heavy (non-hydrogen) atoms. The molecule has 0 fully saturated rings. The maximum Gasteiger partial charge on any atom is 0.0642 e. The van der Waals surface area contributed by atoms with Gasteiger partial charge in [0, 0.05) is 0 Å². The Morgan fingerprint density at radius 1 is 1.67 bits per heavy atom. The first kappa shape index (κ1) is 6.48. The molecule has 0 aromatic heterocycles. The van der Waals surface area contributed by atoms with Gasteiger partial charge < -0.3 is 0 Å².